The van der Waals surface area contributed by atoms with Crippen molar-refractivity contribution in [2.45, 2.75) is 13.3 Å². The number of nitrogens with one attached hydrogen (secondary N) is 3. The fraction of sp³-hybridized carbons (Fsp3) is 0.143. The quantitative estimate of drug-likeness (QED) is 0.341. The number of amides is 2. The first-order chi connectivity index (χ1) is 16.5. The van der Waals surface area contributed by atoms with Gasteiger partial charge in [0.1, 0.15) is 11.4 Å². The van der Waals surface area contributed by atoms with Gasteiger partial charge >= 0.3 is 0 Å². The molecule has 0 bridgehead atoms. The molecular formula is C28H27N3O3. The molecule has 6 nitrogen and oxygen atoms in total. The van der Waals surface area contributed by atoms with E-state index in [9.17, 15) is 9.59 Å². The Balaban J connectivity index is 1.53. The Labute approximate surface area is 198 Å². The number of para-hydroxylation sites is 2. The average molecular weight is 454 g/mol. The Morgan fingerprint density at radius 1 is 1.00 bits per heavy atom. The van der Waals surface area contributed by atoms with Gasteiger partial charge in [-0.1, -0.05) is 54.1 Å². The summed E-state index contributed by atoms with van der Waals surface area (Å²) in [4.78, 5) is 29.3. The number of benzene rings is 3. The molecule has 0 saturated heterocycles. The molecule has 0 fully saturated rings. The molecule has 0 radical (unpaired) electrons. The monoisotopic (exact) mass is 453 g/mol. The maximum atomic E-state index is 13.1. The van der Waals surface area contributed by atoms with Crippen LogP contribution in [0, 0.1) is 6.92 Å². The summed E-state index contributed by atoms with van der Waals surface area (Å²) in [5.41, 5.74) is 4.47. The Hall–Kier alpha value is -4.32. The number of H-pyrrole nitrogens is 1. The molecule has 0 unspecified atom stereocenters. The van der Waals surface area contributed by atoms with Crippen LogP contribution in [0.5, 0.6) is 5.75 Å². The molecule has 1 heterocycles. The second-order valence-electron chi connectivity index (χ2n) is 7.99. The van der Waals surface area contributed by atoms with E-state index >= 15 is 0 Å². The Bertz CT molecular complexity index is 1350. The highest BCUT2D eigenvalue weighted by Crippen LogP contribution is 2.21. The van der Waals surface area contributed by atoms with Crippen LogP contribution in [0.25, 0.3) is 17.0 Å². The molecule has 3 N–H and O–H groups in total. The topological polar surface area (TPSA) is 83.2 Å². The van der Waals surface area contributed by atoms with E-state index in [1.165, 1.54) is 0 Å². The van der Waals surface area contributed by atoms with Crippen LogP contribution in [0.4, 0.5) is 0 Å². The van der Waals surface area contributed by atoms with Gasteiger partial charge in [-0.15, -0.1) is 0 Å². The molecule has 0 spiro atoms. The zero-order valence-corrected chi connectivity index (χ0v) is 19.2. The third kappa shape index (κ3) is 5.35. The van der Waals surface area contributed by atoms with Crippen LogP contribution in [0.15, 0.2) is 84.7 Å². The third-order valence-corrected chi connectivity index (χ3v) is 5.57. The molecule has 172 valence electrons. The van der Waals surface area contributed by atoms with Crippen molar-refractivity contribution in [1.29, 1.82) is 0 Å². The number of aromatic nitrogens is 1. The van der Waals surface area contributed by atoms with Crippen LogP contribution in [0.2, 0.25) is 0 Å². The fourth-order valence-electron chi connectivity index (χ4n) is 3.82. The number of ether oxygens (including phenoxy) is 1. The zero-order chi connectivity index (χ0) is 23.9. The minimum atomic E-state index is -0.369. The zero-order valence-electron chi connectivity index (χ0n) is 19.2. The van der Waals surface area contributed by atoms with Gasteiger partial charge in [0.15, 0.2) is 0 Å². The van der Waals surface area contributed by atoms with Crippen molar-refractivity contribution < 1.29 is 14.3 Å². The van der Waals surface area contributed by atoms with E-state index in [-0.39, 0.29) is 17.5 Å². The van der Waals surface area contributed by atoms with Crippen LogP contribution in [-0.4, -0.2) is 30.5 Å². The van der Waals surface area contributed by atoms with Crippen molar-refractivity contribution in [3.63, 3.8) is 0 Å². The lowest BCUT2D eigenvalue weighted by Crippen LogP contribution is -2.35. The number of carbonyl (C=O) groups excluding carboxylic acids is 2. The van der Waals surface area contributed by atoms with Crippen LogP contribution >= 0.6 is 0 Å². The number of hydrogen-bond acceptors (Lipinski definition) is 3. The summed E-state index contributed by atoms with van der Waals surface area (Å²) in [6.45, 7) is 2.34. The second-order valence-corrected chi connectivity index (χ2v) is 7.99. The molecular weight excluding hydrogens is 426 g/mol. The molecule has 1 aromatic heterocycles. The summed E-state index contributed by atoms with van der Waals surface area (Å²) < 4.78 is 5.41. The number of methoxy groups -OCH3 is 1. The lowest BCUT2D eigenvalue weighted by Gasteiger charge is -2.12. The van der Waals surface area contributed by atoms with Gasteiger partial charge in [-0.3, -0.25) is 9.59 Å². The van der Waals surface area contributed by atoms with Crippen LogP contribution in [0.1, 0.15) is 27.0 Å². The number of carbonyl (C=O) groups is 2. The van der Waals surface area contributed by atoms with Gasteiger partial charge in [0.05, 0.1) is 7.11 Å². The van der Waals surface area contributed by atoms with Crippen molar-refractivity contribution in [3.05, 3.63) is 107 Å². The molecule has 0 aliphatic rings. The largest absolute Gasteiger partial charge is 0.496 e. The molecule has 0 atom stereocenters. The van der Waals surface area contributed by atoms with E-state index in [0.717, 1.165) is 22.0 Å². The number of hydrogen-bond donors (Lipinski definition) is 3. The molecule has 34 heavy (non-hydrogen) atoms. The predicted octanol–water partition coefficient (Wildman–Crippen LogP) is 4.61. The maximum absolute atomic E-state index is 13.1. The van der Waals surface area contributed by atoms with Crippen LogP contribution in [0.3, 0.4) is 0 Å². The normalized spacial score (nSPS) is 11.3. The van der Waals surface area contributed by atoms with E-state index < -0.39 is 0 Å². The van der Waals surface area contributed by atoms with Crippen LogP contribution < -0.4 is 15.4 Å². The lowest BCUT2D eigenvalue weighted by molar-refractivity contribution is -0.117. The first-order valence-corrected chi connectivity index (χ1v) is 11.1. The van der Waals surface area contributed by atoms with Crippen LogP contribution in [-0.2, 0) is 11.2 Å². The summed E-state index contributed by atoms with van der Waals surface area (Å²) >= 11 is 0. The molecule has 3 aromatic carbocycles. The van der Waals surface area contributed by atoms with Gasteiger partial charge in [0.25, 0.3) is 11.8 Å². The lowest BCUT2D eigenvalue weighted by atomic mass is 10.1. The van der Waals surface area contributed by atoms with Crippen molar-refractivity contribution >= 4 is 28.8 Å². The predicted molar refractivity (Wildman–Crippen MR) is 135 cm³/mol. The number of fused-ring (bicyclic) bond motifs is 1. The third-order valence-electron chi connectivity index (χ3n) is 5.57. The number of rotatable bonds is 8. The van der Waals surface area contributed by atoms with Crippen molar-refractivity contribution in [2.24, 2.45) is 0 Å². The van der Waals surface area contributed by atoms with Crippen molar-refractivity contribution in [3.8, 4) is 5.75 Å². The van der Waals surface area contributed by atoms with Gasteiger partial charge < -0.3 is 20.4 Å². The number of aryl methyl sites for hydroxylation is 1. The van der Waals surface area contributed by atoms with Crippen molar-refractivity contribution in [1.82, 2.24) is 15.6 Å². The summed E-state index contributed by atoms with van der Waals surface area (Å²) in [5, 5.41) is 6.85. The molecule has 2 amide bonds. The standard InChI is InChI=1S/C28H27N3O3/c1-19-8-7-10-21(16-19)27(32)31-25(17-20-9-3-6-13-26(20)34-2)28(33)29-15-14-22-18-30-24-12-5-4-11-23(22)24/h3-13,16-18,30H,14-15H2,1-2H3,(H,29,33)(H,31,32)/b25-17+. The summed E-state index contributed by atoms with van der Waals surface area (Å²) in [6.07, 6.45) is 4.25. The van der Waals surface area contributed by atoms with Gasteiger partial charge in [-0.2, -0.15) is 0 Å². The first-order valence-electron chi connectivity index (χ1n) is 11.1. The Kier molecular flexibility index (Phi) is 7.08. The molecule has 6 heteroatoms. The summed E-state index contributed by atoms with van der Waals surface area (Å²) in [7, 11) is 1.57. The number of aromatic amines is 1. The van der Waals surface area contributed by atoms with E-state index in [1.54, 1.807) is 31.4 Å². The molecule has 0 saturated carbocycles. The van der Waals surface area contributed by atoms with E-state index in [0.29, 0.717) is 29.8 Å². The first kappa shape index (κ1) is 22.9. The fourth-order valence-corrected chi connectivity index (χ4v) is 3.82. The highest BCUT2D eigenvalue weighted by atomic mass is 16.5. The maximum Gasteiger partial charge on any atom is 0.267 e. The van der Waals surface area contributed by atoms with E-state index in [4.69, 9.17) is 4.74 Å². The van der Waals surface area contributed by atoms with E-state index in [2.05, 4.69) is 21.7 Å². The molecule has 0 aliphatic carbocycles. The van der Waals surface area contributed by atoms with E-state index in [1.807, 2.05) is 61.7 Å². The molecule has 4 rings (SSSR count). The Morgan fingerprint density at radius 2 is 1.79 bits per heavy atom. The second kappa shape index (κ2) is 10.5. The van der Waals surface area contributed by atoms with Gasteiger partial charge in [0.2, 0.25) is 0 Å². The highest BCUT2D eigenvalue weighted by Gasteiger charge is 2.16. The minimum Gasteiger partial charge on any atom is -0.496 e. The average Bonchev–Trinajstić information content (AvgIpc) is 3.27. The molecule has 4 aromatic rings. The van der Waals surface area contributed by atoms with Crippen molar-refractivity contribution in [2.75, 3.05) is 13.7 Å². The van der Waals surface area contributed by atoms with Gasteiger partial charge in [-0.25, -0.2) is 0 Å². The minimum absolute atomic E-state index is 0.148. The highest BCUT2D eigenvalue weighted by molar-refractivity contribution is 6.05. The smallest absolute Gasteiger partial charge is 0.267 e. The van der Waals surface area contributed by atoms with Gasteiger partial charge in [0, 0.05) is 34.8 Å². The molecule has 0 aliphatic heterocycles. The Morgan fingerprint density at radius 3 is 2.62 bits per heavy atom. The summed E-state index contributed by atoms with van der Waals surface area (Å²) in [6, 6.07) is 22.6. The summed E-state index contributed by atoms with van der Waals surface area (Å²) in [5.74, 6) is -0.111. The van der Waals surface area contributed by atoms with Gasteiger partial charge in [-0.05, 0) is 49.2 Å². The SMILES string of the molecule is COc1ccccc1/C=C(/NC(=O)c1cccc(C)c1)C(=O)NCCc1c[nH]c2ccccc12.